The Morgan fingerprint density at radius 3 is 2.81 bits per heavy atom. The summed E-state index contributed by atoms with van der Waals surface area (Å²) in [5.41, 5.74) is 1.60. The third-order valence-corrected chi connectivity index (χ3v) is 2.62. The number of methoxy groups -OCH3 is 1. The molecule has 0 saturated heterocycles. The van der Waals surface area contributed by atoms with Crippen molar-refractivity contribution in [2.75, 3.05) is 7.11 Å². The molecule has 0 aromatic carbocycles. The van der Waals surface area contributed by atoms with E-state index in [0.717, 1.165) is 17.1 Å². The Labute approximate surface area is 94.5 Å². The normalized spacial score (nSPS) is 11.3. The van der Waals surface area contributed by atoms with Gasteiger partial charge in [0.05, 0.1) is 24.9 Å². The number of pyridine rings is 1. The Kier molecular flexibility index (Phi) is 2.83. The number of hydrogen-bond acceptors (Lipinski definition) is 3. The number of fused-ring (bicyclic) bond motifs is 1. The smallest absolute Gasteiger partial charge is 0.122 e. The van der Waals surface area contributed by atoms with E-state index in [-0.39, 0.29) is 6.61 Å². The number of aliphatic hydroxyl groups is 1. The molecule has 4 heteroatoms. The molecule has 1 N–H and O–H groups in total. The lowest BCUT2D eigenvalue weighted by Gasteiger charge is -2.05. The Morgan fingerprint density at radius 2 is 2.25 bits per heavy atom. The highest BCUT2D eigenvalue weighted by Gasteiger charge is 2.13. The van der Waals surface area contributed by atoms with E-state index in [0.29, 0.717) is 11.6 Å². The molecule has 0 aliphatic carbocycles. The number of aromatic nitrogens is 2. The van der Waals surface area contributed by atoms with Crippen molar-refractivity contribution in [1.29, 1.82) is 0 Å². The number of hydrogen-bond donors (Lipinski definition) is 1. The van der Waals surface area contributed by atoms with Gasteiger partial charge in [-0.1, -0.05) is 13.8 Å². The highest BCUT2D eigenvalue weighted by molar-refractivity contribution is 5.56. The van der Waals surface area contributed by atoms with Crippen LogP contribution in [0.1, 0.15) is 31.3 Å². The maximum atomic E-state index is 9.28. The minimum atomic E-state index is -0.0522. The molecule has 86 valence electrons. The van der Waals surface area contributed by atoms with E-state index in [9.17, 15) is 5.11 Å². The molecule has 0 saturated carbocycles. The van der Waals surface area contributed by atoms with Crippen LogP contribution >= 0.6 is 0 Å². The molecule has 0 aliphatic rings. The van der Waals surface area contributed by atoms with Gasteiger partial charge in [-0.15, -0.1) is 0 Å². The SMILES string of the molecule is COc1ccn2c(C(C)C)nc(CO)c2c1. The summed E-state index contributed by atoms with van der Waals surface area (Å²) in [5, 5.41) is 9.28. The lowest BCUT2D eigenvalue weighted by atomic mass is 10.2. The molecule has 0 fully saturated rings. The second kappa shape index (κ2) is 4.14. The lowest BCUT2D eigenvalue weighted by Crippen LogP contribution is -1.96. The minimum absolute atomic E-state index is 0.0522. The zero-order chi connectivity index (χ0) is 11.7. The van der Waals surface area contributed by atoms with Crippen molar-refractivity contribution in [3.8, 4) is 5.75 Å². The minimum Gasteiger partial charge on any atom is -0.497 e. The maximum absolute atomic E-state index is 9.28. The van der Waals surface area contributed by atoms with Crippen molar-refractivity contribution in [1.82, 2.24) is 9.38 Å². The van der Waals surface area contributed by atoms with Crippen LogP contribution in [0.25, 0.3) is 5.52 Å². The second-order valence-electron chi connectivity index (χ2n) is 4.05. The molecule has 0 unspecified atom stereocenters. The first-order valence-electron chi connectivity index (χ1n) is 5.33. The number of rotatable bonds is 3. The standard InChI is InChI=1S/C12H16N2O2/c1-8(2)12-13-10(7-15)11-6-9(16-3)4-5-14(11)12/h4-6,8,15H,7H2,1-3H3. The Balaban J connectivity index is 2.69. The van der Waals surface area contributed by atoms with Crippen LogP contribution in [0.4, 0.5) is 0 Å². The van der Waals surface area contributed by atoms with Gasteiger partial charge in [0.2, 0.25) is 0 Å². The maximum Gasteiger partial charge on any atom is 0.122 e. The summed E-state index contributed by atoms with van der Waals surface area (Å²) in [6, 6.07) is 3.78. The van der Waals surface area contributed by atoms with Gasteiger partial charge >= 0.3 is 0 Å². The largest absolute Gasteiger partial charge is 0.497 e. The van der Waals surface area contributed by atoms with Crippen LogP contribution in [0.5, 0.6) is 5.75 Å². The summed E-state index contributed by atoms with van der Waals surface area (Å²) in [5.74, 6) is 2.06. The molecule has 0 spiro atoms. The molecule has 0 bridgehead atoms. The fraction of sp³-hybridized carbons (Fsp3) is 0.417. The molecule has 2 aromatic heterocycles. The van der Waals surface area contributed by atoms with E-state index >= 15 is 0 Å². The van der Waals surface area contributed by atoms with Crippen LogP contribution < -0.4 is 4.74 Å². The zero-order valence-corrected chi connectivity index (χ0v) is 9.77. The quantitative estimate of drug-likeness (QED) is 0.860. The van der Waals surface area contributed by atoms with Gasteiger partial charge in [0, 0.05) is 18.2 Å². The van der Waals surface area contributed by atoms with Gasteiger partial charge in [0.25, 0.3) is 0 Å². The summed E-state index contributed by atoms with van der Waals surface area (Å²) < 4.78 is 7.17. The van der Waals surface area contributed by atoms with Crippen molar-refractivity contribution in [2.45, 2.75) is 26.4 Å². The summed E-state index contributed by atoms with van der Waals surface area (Å²) in [6.07, 6.45) is 1.93. The van der Waals surface area contributed by atoms with Crippen LogP contribution in [0.2, 0.25) is 0 Å². The topological polar surface area (TPSA) is 46.8 Å². The predicted octanol–water partition coefficient (Wildman–Crippen LogP) is 1.96. The third-order valence-electron chi connectivity index (χ3n) is 2.62. The van der Waals surface area contributed by atoms with E-state index in [1.54, 1.807) is 7.11 Å². The fourth-order valence-corrected chi connectivity index (χ4v) is 1.80. The predicted molar refractivity (Wildman–Crippen MR) is 61.8 cm³/mol. The Bertz CT molecular complexity index is 503. The number of ether oxygens (including phenoxy) is 1. The highest BCUT2D eigenvalue weighted by Crippen LogP contribution is 2.23. The average molecular weight is 220 g/mol. The first kappa shape index (κ1) is 11.0. The van der Waals surface area contributed by atoms with Crippen LogP contribution in [-0.4, -0.2) is 21.6 Å². The second-order valence-corrected chi connectivity index (χ2v) is 4.05. The fourth-order valence-electron chi connectivity index (χ4n) is 1.80. The van der Waals surface area contributed by atoms with Crippen LogP contribution in [0.3, 0.4) is 0 Å². The number of imidazole rings is 1. The van der Waals surface area contributed by atoms with Gasteiger partial charge in [0.1, 0.15) is 11.6 Å². The van der Waals surface area contributed by atoms with E-state index in [4.69, 9.17) is 4.74 Å². The van der Waals surface area contributed by atoms with Crippen molar-refractivity contribution in [2.24, 2.45) is 0 Å². The molecule has 16 heavy (non-hydrogen) atoms. The van der Waals surface area contributed by atoms with Crippen molar-refractivity contribution < 1.29 is 9.84 Å². The molecule has 2 rings (SSSR count). The van der Waals surface area contributed by atoms with Gasteiger partial charge in [-0.2, -0.15) is 0 Å². The first-order chi connectivity index (χ1) is 7.67. The molecule has 2 aromatic rings. The van der Waals surface area contributed by atoms with E-state index in [1.165, 1.54) is 0 Å². The summed E-state index contributed by atoms with van der Waals surface area (Å²) in [6.45, 7) is 4.11. The zero-order valence-electron chi connectivity index (χ0n) is 9.77. The number of nitrogens with zero attached hydrogens (tertiary/aromatic N) is 2. The van der Waals surface area contributed by atoms with E-state index < -0.39 is 0 Å². The molecule has 4 nitrogen and oxygen atoms in total. The third kappa shape index (κ3) is 1.65. The van der Waals surface area contributed by atoms with Crippen molar-refractivity contribution in [3.63, 3.8) is 0 Å². The van der Waals surface area contributed by atoms with Gasteiger partial charge < -0.3 is 14.2 Å². The molecule has 0 atom stereocenters. The molecule has 0 amide bonds. The van der Waals surface area contributed by atoms with Gasteiger partial charge in [-0.05, 0) is 6.07 Å². The summed E-state index contributed by atoms with van der Waals surface area (Å²) in [7, 11) is 1.63. The van der Waals surface area contributed by atoms with Crippen LogP contribution in [0, 0.1) is 0 Å². The Morgan fingerprint density at radius 1 is 1.50 bits per heavy atom. The lowest BCUT2D eigenvalue weighted by molar-refractivity contribution is 0.278. The van der Waals surface area contributed by atoms with Gasteiger partial charge in [-0.25, -0.2) is 4.98 Å². The van der Waals surface area contributed by atoms with Crippen LogP contribution in [-0.2, 0) is 6.61 Å². The molecule has 2 heterocycles. The first-order valence-corrected chi connectivity index (χ1v) is 5.33. The molecular formula is C12H16N2O2. The highest BCUT2D eigenvalue weighted by atomic mass is 16.5. The van der Waals surface area contributed by atoms with Gasteiger partial charge in [-0.3, -0.25) is 0 Å². The summed E-state index contributed by atoms with van der Waals surface area (Å²) in [4.78, 5) is 4.44. The van der Waals surface area contributed by atoms with Gasteiger partial charge in [0.15, 0.2) is 0 Å². The molecular weight excluding hydrogens is 204 g/mol. The number of aliphatic hydroxyl groups excluding tert-OH is 1. The van der Waals surface area contributed by atoms with E-state index in [2.05, 4.69) is 18.8 Å². The Hall–Kier alpha value is -1.55. The van der Waals surface area contributed by atoms with Crippen molar-refractivity contribution >= 4 is 5.52 Å². The van der Waals surface area contributed by atoms with Crippen LogP contribution in [0.15, 0.2) is 18.3 Å². The average Bonchev–Trinajstić information content (AvgIpc) is 2.66. The monoisotopic (exact) mass is 220 g/mol. The molecule has 0 aliphatic heterocycles. The van der Waals surface area contributed by atoms with E-state index in [1.807, 2.05) is 22.7 Å². The molecule has 0 radical (unpaired) electrons. The summed E-state index contributed by atoms with van der Waals surface area (Å²) >= 11 is 0. The van der Waals surface area contributed by atoms with Crippen molar-refractivity contribution in [3.05, 3.63) is 29.8 Å².